The fraction of sp³-hybridized carbons (Fsp3) is 0.455. The lowest BCUT2D eigenvalue weighted by Gasteiger charge is -2.19. The summed E-state index contributed by atoms with van der Waals surface area (Å²) in [6.45, 7) is 3.32. The molecule has 0 heterocycles. The van der Waals surface area contributed by atoms with E-state index in [2.05, 4.69) is 5.32 Å². The van der Waals surface area contributed by atoms with Crippen LogP contribution in [0.25, 0.3) is 0 Å². The molecule has 0 bridgehead atoms. The summed E-state index contributed by atoms with van der Waals surface area (Å²) in [7, 11) is 0. The number of benzene rings is 1. The monoisotopic (exact) mass is 233 g/mol. The van der Waals surface area contributed by atoms with Crippen LogP contribution in [0.1, 0.15) is 25.5 Å². The molecule has 1 nitrogen and oxygen atoms in total. The largest absolute Gasteiger partial charge is 0.302 e. The first-order valence-electron chi connectivity index (χ1n) is 4.80. The summed E-state index contributed by atoms with van der Waals surface area (Å²) in [5.41, 5.74) is 0.951. The molecule has 0 saturated heterocycles. The first kappa shape index (κ1) is 12.4. The Kier molecular flexibility index (Phi) is 4.48. The Morgan fingerprint density at radius 2 is 1.67 bits per heavy atom. The SMILES string of the molecule is CC(N[C@H](C)c1ccc(Cl)cc1)C(F)F. The van der Waals surface area contributed by atoms with Gasteiger partial charge in [-0.15, -0.1) is 0 Å². The van der Waals surface area contributed by atoms with Gasteiger partial charge in [-0.1, -0.05) is 23.7 Å². The summed E-state index contributed by atoms with van der Waals surface area (Å²) < 4.78 is 24.6. The first-order valence-corrected chi connectivity index (χ1v) is 5.18. The van der Waals surface area contributed by atoms with Gasteiger partial charge in [0.1, 0.15) is 0 Å². The van der Waals surface area contributed by atoms with Gasteiger partial charge in [0.25, 0.3) is 6.43 Å². The maximum atomic E-state index is 12.3. The molecule has 0 saturated carbocycles. The molecular weight excluding hydrogens is 220 g/mol. The highest BCUT2D eigenvalue weighted by Crippen LogP contribution is 2.17. The predicted molar refractivity (Wildman–Crippen MR) is 58.5 cm³/mol. The van der Waals surface area contributed by atoms with E-state index >= 15 is 0 Å². The Labute approximate surface area is 93.4 Å². The Balaban J connectivity index is 2.61. The van der Waals surface area contributed by atoms with E-state index in [-0.39, 0.29) is 6.04 Å². The van der Waals surface area contributed by atoms with Crippen molar-refractivity contribution in [1.29, 1.82) is 0 Å². The second-order valence-electron chi connectivity index (χ2n) is 3.56. The van der Waals surface area contributed by atoms with E-state index in [4.69, 9.17) is 11.6 Å². The predicted octanol–water partition coefficient (Wildman–Crippen LogP) is 3.64. The highest BCUT2D eigenvalue weighted by Gasteiger charge is 2.17. The van der Waals surface area contributed by atoms with Crippen molar-refractivity contribution in [2.75, 3.05) is 0 Å². The smallest absolute Gasteiger partial charge is 0.253 e. The average Bonchev–Trinajstić information content (AvgIpc) is 2.18. The summed E-state index contributed by atoms with van der Waals surface area (Å²) in [6.07, 6.45) is -2.35. The van der Waals surface area contributed by atoms with Crippen LogP contribution < -0.4 is 5.32 Å². The van der Waals surface area contributed by atoms with Crippen molar-refractivity contribution in [3.63, 3.8) is 0 Å². The molecule has 1 N–H and O–H groups in total. The molecule has 0 amide bonds. The molecule has 0 aliphatic heterocycles. The maximum Gasteiger partial charge on any atom is 0.253 e. The highest BCUT2D eigenvalue weighted by atomic mass is 35.5. The quantitative estimate of drug-likeness (QED) is 0.837. The summed E-state index contributed by atoms with van der Waals surface area (Å²) in [4.78, 5) is 0. The molecule has 0 aliphatic rings. The van der Waals surface area contributed by atoms with Crippen molar-refractivity contribution in [2.24, 2.45) is 0 Å². The zero-order chi connectivity index (χ0) is 11.4. The minimum absolute atomic E-state index is 0.105. The molecule has 1 rings (SSSR count). The van der Waals surface area contributed by atoms with Gasteiger partial charge >= 0.3 is 0 Å². The van der Waals surface area contributed by atoms with Crippen LogP contribution >= 0.6 is 11.6 Å². The van der Waals surface area contributed by atoms with E-state index in [0.29, 0.717) is 5.02 Å². The zero-order valence-corrected chi connectivity index (χ0v) is 9.43. The van der Waals surface area contributed by atoms with E-state index in [1.54, 1.807) is 12.1 Å². The van der Waals surface area contributed by atoms with Crippen molar-refractivity contribution in [2.45, 2.75) is 32.4 Å². The summed E-state index contributed by atoms with van der Waals surface area (Å²) in [5.74, 6) is 0. The van der Waals surface area contributed by atoms with Crippen molar-refractivity contribution in [1.82, 2.24) is 5.32 Å². The van der Waals surface area contributed by atoms with Crippen LogP contribution in [0, 0.1) is 0 Å². The molecule has 2 atom stereocenters. The Bertz CT molecular complexity index is 300. The molecule has 84 valence electrons. The lowest BCUT2D eigenvalue weighted by molar-refractivity contribution is 0.101. The molecule has 15 heavy (non-hydrogen) atoms. The lowest BCUT2D eigenvalue weighted by atomic mass is 10.1. The molecule has 0 aromatic heterocycles. The summed E-state index contributed by atoms with van der Waals surface area (Å²) in [5, 5.41) is 3.47. The lowest BCUT2D eigenvalue weighted by Crippen LogP contribution is -2.34. The van der Waals surface area contributed by atoms with Crippen LogP contribution in [0.2, 0.25) is 5.02 Å². The van der Waals surface area contributed by atoms with Crippen LogP contribution in [-0.2, 0) is 0 Å². The van der Waals surface area contributed by atoms with Gasteiger partial charge in [0, 0.05) is 11.1 Å². The van der Waals surface area contributed by atoms with E-state index in [1.807, 2.05) is 19.1 Å². The minimum Gasteiger partial charge on any atom is -0.302 e. The fourth-order valence-corrected chi connectivity index (χ4v) is 1.44. The first-order chi connectivity index (χ1) is 7.00. The minimum atomic E-state index is -2.35. The number of nitrogens with one attached hydrogen (secondary N) is 1. The topological polar surface area (TPSA) is 12.0 Å². The molecular formula is C11H14ClF2N. The normalized spacial score (nSPS) is 15.3. The van der Waals surface area contributed by atoms with E-state index in [1.165, 1.54) is 6.92 Å². The van der Waals surface area contributed by atoms with Crippen LogP contribution in [0.3, 0.4) is 0 Å². The molecule has 1 aromatic rings. The van der Waals surface area contributed by atoms with Crippen molar-refractivity contribution >= 4 is 11.6 Å². The van der Waals surface area contributed by atoms with Gasteiger partial charge in [0.15, 0.2) is 0 Å². The van der Waals surface area contributed by atoms with E-state index < -0.39 is 12.5 Å². The van der Waals surface area contributed by atoms with Crippen LogP contribution in [-0.4, -0.2) is 12.5 Å². The molecule has 0 spiro atoms. The third-order valence-corrected chi connectivity index (χ3v) is 2.51. The number of rotatable bonds is 4. The fourth-order valence-electron chi connectivity index (χ4n) is 1.31. The van der Waals surface area contributed by atoms with Gasteiger partial charge in [-0.2, -0.15) is 0 Å². The maximum absolute atomic E-state index is 12.3. The van der Waals surface area contributed by atoms with Crippen molar-refractivity contribution in [3.05, 3.63) is 34.9 Å². The van der Waals surface area contributed by atoms with Gasteiger partial charge in [0.2, 0.25) is 0 Å². The van der Waals surface area contributed by atoms with Gasteiger partial charge in [0.05, 0.1) is 6.04 Å². The Morgan fingerprint density at radius 1 is 1.13 bits per heavy atom. The standard InChI is InChI=1S/C11H14ClF2N/c1-7(15-8(2)11(13)14)9-3-5-10(12)6-4-9/h3-8,11,15H,1-2H3/t7-,8?/m1/s1. The van der Waals surface area contributed by atoms with Crippen LogP contribution in [0.15, 0.2) is 24.3 Å². The molecule has 0 radical (unpaired) electrons. The summed E-state index contributed by atoms with van der Waals surface area (Å²) >= 11 is 5.73. The van der Waals surface area contributed by atoms with E-state index in [9.17, 15) is 8.78 Å². The molecule has 0 aliphatic carbocycles. The average molecular weight is 234 g/mol. The molecule has 4 heteroatoms. The second kappa shape index (κ2) is 5.42. The van der Waals surface area contributed by atoms with Gasteiger partial charge in [-0.3, -0.25) is 0 Å². The number of hydrogen-bond acceptors (Lipinski definition) is 1. The highest BCUT2D eigenvalue weighted by molar-refractivity contribution is 6.30. The molecule has 0 fully saturated rings. The third kappa shape index (κ3) is 3.76. The zero-order valence-electron chi connectivity index (χ0n) is 8.68. The van der Waals surface area contributed by atoms with Crippen LogP contribution in [0.5, 0.6) is 0 Å². The van der Waals surface area contributed by atoms with Crippen molar-refractivity contribution in [3.8, 4) is 0 Å². The summed E-state index contributed by atoms with van der Waals surface area (Å²) in [6, 6.07) is 6.25. The van der Waals surface area contributed by atoms with Crippen molar-refractivity contribution < 1.29 is 8.78 Å². The number of alkyl halides is 2. The van der Waals surface area contributed by atoms with Gasteiger partial charge in [-0.25, -0.2) is 8.78 Å². The Hall–Kier alpha value is -0.670. The molecule has 1 aromatic carbocycles. The second-order valence-corrected chi connectivity index (χ2v) is 4.00. The Morgan fingerprint density at radius 3 is 2.13 bits per heavy atom. The van der Waals surface area contributed by atoms with Gasteiger partial charge in [-0.05, 0) is 31.5 Å². The molecule has 1 unspecified atom stereocenters. The van der Waals surface area contributed by atoms with Gasteiger partial charge < -0.3 is 5.32 Å². The van der Waals surface area contributed by atoms with E-state index in [0.717, 1.165) is 5.56 Å². The van der Waals surface area contributed by atoms with Crippen LogP contribution in [0.4, 0.5) is 8.78 Å². The number of hydrogen-bond donors (Lipinski definition) is 1. The number of halogens is 3. The third-order valence-electron chi connectivity index (χ3n) is 2.26.